The molecule has 2 aromatic rings. The van der Waals surface area contributed by atoms with Crippen molar-refractivity contribution in [2.45, 2.75) is 25.9 Å². The molecule has 1 N–H and O–H groups in total. The standard InChI is InChI=1S/C13H14Cl2N2S/c1-13(2,12-16-5-6-18-12)17-8-9-7-10(14)3-4-11(9)15/h3-7,17H,8H2,1-2H3. The van der Waals surface area contributed by atoms with Crippen molar-refractivity contribution < 1.29 is 0 Å². The van der Waals surface area contributed by atoms with Crippen LogP contribution in [-0.4, -0.2) is 4.98 Å². The van der Waals surface area contributed by atoms with Crippen molar-refractivity contribution in [3.05, 3.63) is 50.4 Å². The van der Waals surface area contributed by atoms with E-state index < -0.39 is 0 Å². The Hall–Kier alpha value is -0.610. The third kappa shape index (κ3) is 3.23. The van der Waals surface area contributed by atoms with Gasteiger partial charge in [0.2, 0.25) is 0 Å². The Bertz CT molecular complexity index is 524. The number of hydrogen-bond donors (Lipinski definition) is 1. The Kier molecular flexibility index (Phi) is 4.28. The Morgan fingerprint density at radius 2 is 2.11 bits per heavy atom. The molecule has 5 heteroatoms. The van der Waals surface area contributed by atoms with E-state index in [0.717, 1.165) is 15.6 Å². The van der Waals surface area contributed by atoms with Crippen molar-refractivity contribution in [2.75, 3.05) is 0 Å². The zero-order valence-electron chi connectivity index (χ0n) is 10.2. The number of nitrogens with zero attached hydrogens (tertiary/aromatic N) is 1. The molecule has 0 saturated heterocycles. The van der Waals surface area contributed by atoms with Gasteiger partial charge in [-0.25, -0.2) is 4.98 Å². The number of rotatable bonds is 4. The molecule has 0 aliphatic rings. The molecule has 0 spiro atoms. The van der Waals surface area contributed by atoms with Crippen LogP contribution in [0.4, 0.5) is 0 Å². The predicted octanol–water partition coefficient (Wildman–Crippen LogP) is 4.47. The summed E-state index contributed by atoms with van der Waals surface area (Å²) in [6.07, 6.45) is 1.82. The summed E-state index contributed by atoms with van der Waals surface area (Å²) < 4.78 is 0. The van der Waals surface area contributed by atoms with E-state index in [4.69, 9.17) is 23.2 Å². The average molecular weight is 301 g/mol. The first-order valence-electron chi connectivity index (χ1n) is 5.58. The molecule has 0 radical (unpaired) electrons. The maximum Gasteiger partial charge on any atom is 0.112 e. The summed E-state index contributed by atoms with van der Waals surface area (Å²) in [4.78, 5) is 4.34. The Balaban J connectivity index is 2.09. The number of nitrogens with one attached hydrogen (secondary N) is 1. The molecule has 0 saturated carbocycles. The van der Waals surface area contributed by atoms with Gasteiger partial charge in [-0.1, -0.05) is 23.2 Å². The quantitative estimate of drug-likeness (QED) is 0.901. The van der Waals surface area contributed by atoms with E-state index in [1.807, 2.05) is 23.7 Å². The van der Waals surface area contributed by atoms with E-state index in [9.17, 15) is 0 Å². The average Bonchev–Trinajstić information content (AvgIpc) is 2.85. The molecule has 0 amide bonds. The second kappa shape index (κ2) is 5.57. The number of halogens is 2. The van der Waals surface area contributed by atoms with Crippen LogP contribution in [0.15, 0.2) is 29.8 Å². The SMILES string of the molecule is CC(C)(NCc1cc(Cl)ccc1Cl)c1nccs1. The summed E-state index contributed by atoms with van der Waals surface area (Å²) >= 11 is 13.7. The molecule has 1 aromatic carbocycles. The van der Waals surface area contributed by atoms with Crippen LogP contribution in [0, 0.1) is 0 Å². The zero-order chi connectivity index (χ0) is 13.2. The lowest BCUT2D eigenvalue weighted by molar-refractivity contribution is 0.399. The van der Waals surface area contributed by atoms with E-state index >= 15 is 0 Å². The van der Waals surface area contributed by atoms with Crippen LogP contribution in [0.25, 0.3) is 0 Å². The van der Waals surface area contributed by atoms with Gasteiger partial charge in [-0.2, -0.15) is 0 Å². The molecule has 2 rings (SSSR count). The Morgan fingerprint density at radius 3 is 2.78 bits per heavy atom. The highest BCUT2D eigenvalue weighted by atomic mass is 35.5. The van der Waals surface area contributed by atoms with Gasteiger partial charge >= 0.3 is 0 Å². The van der Waals surface area contributed by atoms with Crippen LogP contribution in [-0.2, 0) is 12.1 Å². The number of hydrogen-bond acceptors (Lipinski definition) is 3. The van der Waals surface area contributed by atoms with Crippen LogP contribution < -0.4 is 5.32 Å². The second-order valence-electron chi connectivity index (χ2n) is 4.55. The van der Waals surface area contributed by atoms with Gasteiger partial charge in [0.15, 0.2) is 0 Å². The molecule has 0 fully saturated rings. The molecule has 0 atom stereocenters. The van der Waals surface area contributed by atoms with Crippen LogP contribution in [0.3, 0.4) is 0 Å². The van der Waals surface area contributed by atoms with Crippen molar-refractivity contribution in [3.63, 3.8) is 0 Å². The zero-order valence-corrected chi connectivity index (χ0v) is 12.5. The van der Waals surface area contributed by atoms with Gasteiger partial charge < -0.3 is 5.32 Å². The summed E-state index contributed by atoms with van der Waals surface area (Å²) in [5.74, 6) is 0. The fourth-order valence-corrected chi connectivity index (χ4v) is 2.72. The topological polar surface area (TPSA) is 24.9 Å². The van der Waals surface area contributed by atoms with Gasteiger partial charge in [0, 0.05) is 28.2 Å². The molecule has 0 unspecified atom stereocenters. The Labute approximate surface area is 121 Å². The fraction of sp³-hybridized carbons (Fsp3) is 0.308. The van der Waals surface area contributed by atoms with Crippen molar-refractivity contribution in [1.29, 1.82) is 0 Å². The number of aromatic nitrogens is 1. The highest BCUT2D eigenvalue weighted by molar-refractivity contribution is 7.09. The minimum Gasteiger partial charge on any atom is -0.302 e. The first-order valence-corrected chi connectivity index (χ1v) is 7.21. The molecule has 1 heterocycles. The van der Waals surface area contributed by atoms with Crippen molar-refractivity contribution in [3.8, 4) is 0 Å². The third-order valence-electron chi connectivity index (χ3n) is 2.70. The smallest absolute Gasteiger partial charge is 0.112 e. The van der Waals surface area contributed by atoms with E-state index in [2.05, 4.69) is 24.1 Å². The fourth-order valence-electron chi connectivity index (χ4n) is 1.60. The van der Waals surface area contributed by atoms with E-state index in [-0.39, 0.29) is 5.54 Å². The van der Waals surface area contributed by atoms with Crippen molar-refractivity contribution in [1.82, 2.24) is 10.3 Å². The van der Waals surface area contributed by atoms with Crippen molar-refractivity contribution >= 4 is 34.5 Å². The molecule has 96 valence electrons. The monoisotopic (exact) mass is 300 g/mol. The lowest BCUT2D eigenvalue weighted by atomic mass is 10.1. The molecule has 0 aliphatic heterocycles. The maximum atomic E-state index is 6.14. The second-order valence-corrected chi connectivity index (χ2v) is 6.29. The van der Waals surface area contributed by atoms with Crippen LogP contribution in [0.1, 0.15) is 24.4 Å². The highest BCUT2D eigenvalue weighted by Crippen LogP contribution is 2.25. The van der Waals surface area contributed by atoms with E-state index in [0.29, 0.717) is 11.6 Å². The molecular formula is C13H14Cl2N2S. The van der Waals surface area contributed by atoms with E-state index in [1.54, 1.807) is 17.4 Å². The molecule has 0 bridgehead atoms. The predicted molar refractivity (Wildman–Crippen MR) is 78.4 cm³/mol. The van der Waals surface area contributed by atoms with Crippen LogP contribution in [0.2, 0.25) is 10.0 Å². The summed E-state index contributed by atoms with van der Waals surface area (Å²) in [5.41, 5.74) is 0.814. The van der Waals surface area contributed by atoms with Gasteiger partial charge in [-0.15, -0.1) is 11.3 Å². The van der Waals surface area contributed by atoms with Crippen LogP contribution >= 0.6 is 34.5 Å². The van der Waals surface area contributed by atoms with Gasteiger partial charge in [0.1, 0.15) is 5.01 Å². The molecule has 1 aromatic heterocycles. The summed E-state index contributed by atoms with van der Waals surface area (Å²) in [7, 11) is 0. The largest absolute Gasteiger partial charge is 0.302 e. The van der Waals surface area contributed by atoms with Gasteiger partial charge in [-0.05, 0) is 37.6 Å². The van der Waals surface area contributed by atoms with Crippen LogP contribution in [0.5, 0.6) is 0 Å². The minimum atomic E-state index is -0.181. The minimum absolute atomic E-state index is 0.181. The molecule has 18 heavy (non-hydrogen) atoms. The summed E-state index contributed by atoms with van der Waals surface area (Å²) in [6, 6.07) is 5.49. The molecule has 0 aliphatic carbocycles. The third-order valence-corrected chi connectivity index (χ3v) is 4.40. The molecule has 2 nitrogen and oxygen atoms in total. The summed E-state index contributed by atoms with van der Waals surface area (Å²) in [5, 5.41) is 7.91. The first kappa shape index (κ1) is 13.8. The maximum absolute atomic E-state index is 6.14. The van der Waals surface area contributed by atoms with Gasteiger partial charge in [0.25, 0.3) is 0 Å². The highest BCUT2D eigenvalue weighted by Gasteiger charge is 2.22. The normalized spacial score (nSPS) is 11.8. The van der Waals surface area contributed by atoms with Crippen molar-refractivity contribution in [2.24, 2.45) is 0 Å². The number of benzene rings is 1. The first-order chi connectivity index (χ1) is 8.49. The lowest BCUT2D eigenvalue weighted by Gasteiger charge is -2.24. The van der Waals surface area contributed by atoms with Gasteiger partial charge in [0.05, 0.1) is 5.54 Å². The Morgan fingerprint density at radius 1 is 1.33 bits per heavy atom. The van der Waals surface area contributed by atoms with E-state index in [1.165, 1.54) is 0 Å². The number of thiazole rings is 1. The van der Waals surface area contributed by atoms with Gasteiger partial charge in [-0.3, -0.25) is 0 Å². The molecular weight excluding hydrogens is 287 g/mol. The summed E-state index contributed by atoms with van der Waals surface area (Å²) in [6.45, 7) is 4.86. The lowest BCUT2D eigenvalue weighted by Crippen LogP contribution is -2.35.